The summed E-state index contributed by atoms with van der Waals surface area (Å²) in [5, 5.41) is 4.61. The fraction of sp³-hybridized carbons (Fsp3) is 0.222. The van der Waals surface area contributed by atoms with Crippen molar-refractivity contribution >= 4 is 27.5 Å². The van der Waals surface area contributed by atoms with Gasteiger partial charge in [0, 0.05) is 19.1 Å². The van der Waals surface area contributed by atoms with Gasteiger partial charge in [-0.2, -0.15) is 0 Å². The van der Waals surface area contributed by atoms with Crippen LogP contribution in [0.3, 0.4) is 0 Å². The highest BCUT2D eigenvalue weighted by molar-refractivity contribution is 6.08. The molecule has 0 aromatic heterocycles. The lowest BCUT2D eigenvalue weighted by atomic mass is 9.88. The molecule has 0 spiro atoms. The summed E-state index contributed by atoms with van der Waals surface area (Å²) in [6, 6.07) is 25.1. The van der Waals surface area contributed by atoms with Crippen molar-refractivity contribution in [3.8, 4) is 16.9 Å². The lowest BCUT2D eigenvalue weighted by Crippen LogP contribution is -2.03. The van der Waals surface area contributed by atoms with Crippen molar-refractivity contribution in [1.29, 1.82) is 0 Å². The van der Waals surface area contributed by atoms with E-state index in [1.54, 1.807) is 7.11 Å². The maximum absolute atomic E-state index is 11.7. The molecule has 0 saturated carbocycles. The average molecular weight is 415 g/mol. The first-order valence-corrected chi connectivity index (χ1v) is 10.4. The van der Waals surface area contributed by atoms with E-state index in [1.807, 2.05) is 18.2 Å². The van der Waals surface area contributed by atoms with Gasteiger partial charge in [0.05, 0.1) is 7.11 Å². The Labute approximate surface area is 182 Å². The molecule has 31 heavy (non-hydrogen) atoms. The summed E-state index contributed by atoms with van der Waals surface area (Å²) in [4.78, 5) is 11.7. The quantitative estimate of drug-likeness (QED) is 0.257. The molecule has 4 heteroatoms. The van der Waals surface area contributed by atoms with Gasteiger partial charge in [0.15, 0.2) is 6.79 Å². The molecule has 4 aromatic rings. The minimum atomic E-state index is -0.184. The molecule has 0 bridgehead atoms. The summed E-state index contributed by atoms with van der Waals surface area (Å²) >= 11 is 0. The molecule has 0 N–H and O–H groups in total. The Balaban J connectivity index is 1.94. The number of esters is 1. The molecule has 0 saturated heterocycles. The van der Waals surface area contributed by atoms with Crippen molar-refractivity contribution in [3.63, 3.8) is 0 Å². The SMILES string of the molecule is COCOc1ccc2ccccc2c1-c1c(CCCC(=O)OC)ccc2ccccc12. The highest BCUT2D eigenvalue weighted by Gasteiger charge is 2.18. The zero-order chi connectivity index (χ0) is 21.6. The maximum Gasteiger partial charge on any atom is 0.305 e. The summed E-state index contributed by atoms with van der Waals surface area (Å²) in [5.41, 5.74) is 3.38. The molecule has 158 valence electrons. The van der Waals surface area contributed by atoms with Crippen molar-refractivity contribution in [2.45, 2.75) is 19.3 Å². The zero-order valence-electron chi connectivity index (χ0n) is 17.9. The standard InChI is InChI=1S/C27H26O4/c1-29-18-31-24-17-16-20-9-4-6-12-23(20)27(24)26-21(10-7-13-25(28)30-2)15-14-19-8-3-5-11-22(19)26/h3-6,8-9,11-12,14-17H,7,10,13,18H2,1-2H3. The number of ether oxygens (including phenoxy) is 3. The summed E-state index contributed by atoms with van der Waals surface area (Å²) in [6.45, 7) is 0.174. The largest absolute Gasteiger partial charge is 0.469 e. The van der Waals surface area contributed by atoms with E-state index in [4.69, 9.17) is 14.2 Å². The number of fused-ring (bicyclic) bond motifs is 2. The summed E-state index contributed by atoms with van der Waals surface area (Å²) in [6.07, 6.45) is 1.88. The Hall–Kier alpha value is -3.37. The average Bonchev–Trinajstić information content (AvgIpc) is 2.82. The molecular formula is C27H26O4. The van der Waals surface area contributed by atoms with Gasteiger partial charge in [-0.15, -0.1) is 0 Å². The lowest BCUT2D eigenvalue weighted by molar-refractivity contribution is -0.140. The van der Waals surface area contributed by atoms with Gasteiger partial charge in [0.25, 0.3) is 0 Å². The van der Waals surface area contributed by atoms with E-state index in [2.05, 4.69) is 54.6 Å². The van der Waals surface area contributed by atoms with Gasteiger partial charge in [-0.05, 0) is 51.6 Å². The van der Waals surface area contributed by atoms with Crippen molar-refractivity contribution in [2.24, 2.45) is 0 Å². The number of hydrogen-bond acceptors (Lipinski definition) is 4. The van der Waals surface area contributed by atoms with Gasteiger partial charge in [-0.3, -0.25) is 4.79 Å². The summed E-state index contributed by atoms with van der Waals surface area (Å²) < 4.78 is 16.0. The Kier molecular flexibility index (Phi) is 6.48. The van der Waals surface area contributed by atoms with Crippen LogP contribution >= 0.6 is 0 Å². The molecule has 0 unspecified atom stereocenters. The maximum atomic E-state index is 11.7. The molecule has 0 aliphatic carbocycles. The van der Waals surface area contributed by atoms with E-state index >= 15 is 0 Å². The van der Waals surface area contributed by atoms with Crippen LogP contribution in [0, 0.1) is 0 Å². The second kappa shape index (κ2) is 9.63. The van der Waals surface area contributed by atoms with Crippen molar-refractivity contribution in [3.05, 3.63) is 78.4 Å². The van der Waals surface area contributed by atoms with Crippen LogP contribution in [-0.2, 0) is 20.7 Å². The number of carbonyl (C=O) groups is 1. The first kappa shape index (κ1) is 20.9. The van der Waals surface area contributed by atoms with Crippen LogP contribution in [0.25, 0.3) is 32.7 Å². The van der Waals surface area contributed by atoms with Gasteiger partial charge in [0.2, 0.25) is 0 Å². The van der Waals surface area contributed by atoms with Crippen molar-refractivity contribution < 1.29 is 19.0 Å². The third kappa shape index (κ3) is 4.39. The van der Waals surface area contributed by atoms with E-state index in [0.29, 0.717) is 6.42 Å². The second-order valence-corrected chi connectivity index (χ2v) is 7.46. The molecular weight excluding hydrogens is 388 g/mol. The first-order valence-electron chi connectivity index (χ1n) is 10.4. The van der Waals surface area contributed by atoms with Gasteiger partial charge in [-0.1, -0.05) is 66.7 Å². The predicted octanol–water partition coefficient (Wildman–Crippen LogP) is 6.14. The van der Waals surface area contributed by atoms with Crippen LogP contribution in [0.5, 0.6) is 5.75 Å². The molecule has 0 atom stereocenters. The third-order valence-corrected chi connectivity index (χ3v) is 5.54. The smallest absolute Gasteiger partial charge is 0.305 e. The number of rotatable bonds is 8. The molecule has 4 rings (SSSR count). The molecule has 0 amide bonds. The molecule has 0 aliphatic rings. The van der Waals surface area contributed by atoms with Crippen LogP contribution < -0.4 is 4.74 Å². The number of methoxy groups -OCH3 is 2. The molecule has 0 fully saturated rings. The van der Waals surface area contributed by atoms with Gasteiger partial charge in [-0.25, -0.2) is 0 Å². The number of benzene rings is 4. The lowest BCUT2D eigenvalue weighted by Gasteiger charge is -2.19. The monoisotopic (exact) mass is 414 g/mol. The van der Waals surface area contributed by atoms with Crippen LogP contribution in [0.15, 0.2) is 72.8 Å². The highest BCUT2D eigenvalue weighted by Crippen LogP contribution is 2.43. The number of aryl methyl sites for hydroxylation is 1. The Morgan fingerprint density at radius 3 is 2.10 bits per heavy atom. The van der Waals surface area contributed by atoms with Crippen LogP contribution in [0.1, 0.15) is 18.4 Å². The van der Waals surface area contributed by atoms with Crippen LogP contribution in [0.2, 0.25) is 0 Å². The van der Waals surface area contributed by atoms with Crippen molar-refractivity contribution in [2.75, 3.05) is 21.0 Å². The normalized spacial score (nSPS) is 11.0. The molecule has 0 heterocycles. The summed E-state index contributed by atoms with van der Waals surface area (Å²) in [5.74, 6) is 0.600. The minimum absolute atomic E-state index is 0.174. The van der Waals surface area contributed by atoms with Gasteiger partial charge >= 0.3 is 5.97 Å². The topological polar surface area (TPSA) is 44.8 Å². The van der Waals surface area contributed by atoms with Crippen molar-refractivity contribution in [1.82, 2.24) is 0 Å². The molecule has 0 aliphatic heterocycles. The van der Waals surface area contributed by atoms with E-state index in [0.717, 1.165) is 45.9 Å². The highest BCUT2D eigenvalue weighted by atomic mass is 16.7. The Morgan fingerprint density at radius 1 is 0.774 bits per heavy atom. The van der Waals surface area contributed by atoms with Crippen LogP contribution in [0.4, 0.5) is 0 Å². The second-order valence-electron chi connectivity index (χ2n) is 7.46. The zero-order valence-corrected chi connectivity index (χ0v) is 17.9. The molecule has 0 radical (unpaired) electrons. The van der Waals surface area contributed by atoms with E-state index in [1.165, 1.54) is 18.1 Å². The Morgan fingerprint density at radius 2 is 1.42 bits per heavy atom. The first-order chi connectivity index (χ1) is 15.2. The van der Waals surface area contributed by atoms with E-state index in [9.17, 15) is 4.79 Å². The van der Waals surface area contributed by atoms with E-state index < -0.39 is 0 Å². The fourth-order valence-electron chi connectivity index (χ4n) is 4.10. The predicted molar refractivity (Wildman–Crippen MR) is 124 cm³/mol. The van der Waals surface area contributed by atoms with Crippen LogP contribution in [-0.4, -0.2) is 27.0 Å². The Bertz CT molecular complexity index is 1210. The van der Waals surface area contributed by atoms with E-state index in [-0.39, 0.29) is 12.8 Å². The third-order valence-electron chi connectivity index (χ3n) is 5.54. The minimum Gasteiger partial charge on any atom is -0.469 e. The van der Waals surface area contributed by atoms with Gasteiger partial charge < -0.3 is 14.2 Å². The van der Waals surface area contributed by atoms with Gasteiger partial charge in [0.1, 0.15) is 5.75 Å². The number of carbonyl (C=O) groups excluding carboxylic acids is 1. The molecule has 4 aromatic carbocycles. The summed E-state index contributed by atoms with van der Waals surface area (Å²) in [7, 11) is 3.05. The fourth-order valence-corrected chi connectivity index (χ4v) is 4.10. The number of hydrogen-bond donors (Lipinski definition) is 0. The molecule has 4 nitrogen and oxygen atoms in total.